The van der Waals surface area contributed by atoms with Crippen LogP contribution in [0, 0.1) is 5.92 Å². The van der Waals surface area contributed by atoms with Crippen molar-refractivity contribution >= 4 is 12.2 Å². The van der Waals surface area contributed by atoms with Gasteiger partial charge in [0, 0.05) is 12.4 Å². The predicted molar refractivity (Wildman–Crippen MR) is 44.0 cm³/mol. The molecule has 1 aromatic heterocycles. The van der Waals surface area contributed by atoms with Crippen molar-refractivity contribution in [2.75, 3.05) is 0 Å². The maximum atomic E-state index is 4.22. The number of hydrogen-bond donors (Lipinski definition) is 0. The molecule has 2 rings (SSSR count). The lowest BCUT2D eigenvalue weighted by Crippen LogP contribution is -2.33. The van der Waals surface area contributed by atoms with Crippen LogP contribution in [-0.2, 0) is 0 Å². The quantitative estimate of drug-likeness (QED) is 0.518. The highest BCUT2D eigenvalue weighted by Crippen LogP contribution is 2.04. The summed E-state index contributed by atoms with van der Waals surface area (Å²) in [7, 11) is 0. The van der Waals surface area contributed by atoms with E-state index in [9.17, 15) is 0 Å². The van der Waals surface area contributed by atoms with Gasteiger partial charge in [-0.1, -0.05) is 19.1 Å². The van der Waals surface area contributed by atoms with Gasteiger partial charge in [0.2, 0.25) is 0 Å². The van der Waals surface area contributed by atoms with Crippen molar-refractivity contribution in [3.8, 4) is 0 Å². The molecule has 0 N–H and O–H groups in total. The van der Waals surface area contributed by atoms with Gasteiger partial charge < -0.3 is 0 Å². The Morgan fingerprint density at radius 1 is 1.27 bits per heavy atom. The summed E-state index contributed by atoms with van der Waals surface area (Å²) in [5.41, 5.74) is 0. The second kappa shape index (κ2) is 2.46. The molecule has 2 heteroatoms. The lowest BCUT2D eigenvalue weighted by Gasteiger charge is -2.04. The van der Waals surface area contributed by atoms with Gasteiger partial charge in [0.1, 0.15) is 0 Å². The smallest absolute Gasteiger partial charge is 0.0846 e. The Morgan fingerprint density at radius 3 is 2.82 bits per heavy atom. The molecular weight excluding hydrogens is 136 g/mol. The van der Waals surface area contributed by atoms with Gasteiger partial charge in [-0.2, -0.15) is 0 Å². The number of fused-ring (bicyclic) bond motifs is 1. The monoisotopic (exact) mass is 146 g/mol. The fraction of sp³-hybridized carbons (Fsp3) is 0.333. The summed E-state index contributed by atoms with van der Waals surface area (Å²) < 4.78 is 0. The fourth-order valence-electron chi connectivity index (χ4n) is 1.28. The maximum absolute atomic E-state index is 4.22. The summed E-state index contributed by atoms with van der Waals surface area (Å²) in [5, 5.41) is 2.07. The molecule has 0 radical (unpaired) electrons. The molecular formula is C9H10N2. The predicted octanol–water partition coefficient (Wildman–Crippen LogP) is 0.0774. The topological polar surface area (TPSA) is 25.8 Å². The first-order valence-electron chi connectivity index (χ1n) is 3.85. The summed E-state index contributed by atoms with van der Waals surface area (Å²) in [4.78, 5) is 8.42. The third-order valence-electron chi connectivity index (χ3n) is 1.88. The van der Waals surface area contributed by atoms with E-state index < -0.39 is 0 Å². The summed E-state index contributed by atoms with van der Waals surface area (Å²) in [5.74, 6) is 0.610. The summed E-state index contributed by atoms with van der Waals surface area (Å²) in [6.45, 7) is 2.19. The number of hydrogen-bond acceptors (Lipinski definition) is 2. The van der Waals surface area contributed by atoms with E-state index in [0.717, 1.165) is 17.1 Å². The number of aromatic nitrogens is 2. The molecule has 56 valence electrons. The molecule has 0 aromatic carbocycles. The molecule has 1 aliphatic rings. The zero-order chi connectivity index (χ0) is 7.68. The van der Waals surface area contributed by atoms with Crippen molar-refractivity contribution in [2.45, 2.75) is 13.3 Å². The van der Waals surface area contributed by atoms with Crippen molar-refractivity contribution in [3.05, 3.63) is 23.1 Å². The van der Waals surface area contributed by atoms with Crippen LogP contribution in [0.1, 0.15) is 13.3 Å². The third-order valence-corrected chi connectivity index (χ3v) is 1.88. The van der Waals surface area contributed by atoms with Gasteiger partial charge in [0.25, 0.3) is 0 Å². The van der Waals surface area contributed by atoms with E-state index in [1.165, 1.54) is 0 Å². The largest absolute Gasteiger partial charge is 0.253 e. The molecule has 0 amide bonds. The van der Waals surface area contributed by atoms with Gasteiger partial charge >= 0.3 is 0 Å². The fourth-order valence-corrected chi connectivity index (χ4v) is 1.28. The van der Waals surface area contributed by atoms with Gasteiger partial charge in [-0.15, -0.1) is 0 Å². The first-order chi connectivity index (χ1) is 5.36. The Bertz CT molecular complexity index is 367. The average molecular weight is 146 g/mol. The zero-order valence-electron chi connectivity index (χ0n) is 6.49. The first kappa shape index (κ1) is 6.53. The number of nitrogens with zero attached hydrogens (tertiary/aromatic N) is 2. The molecule has 0 aliphatic heterocycles. The Kier molecular flexibility index (Phi) is 1.46. The van der Waals surface area contributed by atoms with Crippen molar-refractivity contribution in [3.63, 3.8) is 0 Å². The average Bonchev–Trinajstić information content (AvgIpc) is 2.04. The summed E-state index contributed by atoms with van der Waals surface area (Å²) >= 11 is 0. The van der Waals surface area contributed by atoms with E-state index >= 15 is 0 Å². The molecule has 11 heavy (non-hydrogen) atoms. The van der Waals surface area contributed by atoms with Crippen LogP contribution < -0.4 is 10.7 Å². The SMILES string of the molecule is CC1C=c2nccnc2=CC1. The van der Waals surface area contributed by atoms with E-state index in [1.54, 1.807) is 12.4 Å². The molecule has 0 bridgehead atoms. The van der Waals surface area contributed by atoms with E-state index in [-0.39, 0.29) is 0 Å². The van der Waals surface area contributed by atoms with Gasteiger partial charge in [0.05, 0.1) is 10.7 Å². The highest BCUT2D eigenvalue weighted by atomic mass is 14.8. The van der Waals surface area contributed by atoms with Crippen LogP contribution in [0.3, 0.4) is 0 Å². The Hall–Kier alpha value is -1.18. The third kappa shape index (κ3) is 1.16. The molecule has 1 aromatic rings. The Labute approximate surface area is 65.3 Å². The van der Waals surface area contributed by atoms with Gasteiger partial charge in [-0.05, 0) is 12.3 Å². The molecule has 1 atom stereocenters. The lowest BCUT2D eigenvalue weighted by atomic mass is 10.0. The molecule has 0 saturated carbocycles. The highest BCUT2D eigenvalue weighted by molar-refractivity contribution is 5.34. The first-order valence-corrected chi connectivity index (χ1v) is 3.85. The molecule has 0 fully saturated rings. The van der Waals surface area contributed by atoms with E-state index in [0.29, 0.717) is 5.92 Å². The molecule has 1 heterocycles. The van der Waals surface area contributed by atoms with Crippen LogP contribution in [0.2, 0.25) is 0 Å². The minimum atomic E-state index is 0.610. The van der Waals surface area contributed by atoms with Crippen molar-refractivity contribution < 1.29 is 0 Å². The van der Waals surface area contributed by atoms with Crippen molar-refractivity contribution in [1.29, 1.82) is 0 Å². The van der Waals surface area contributed by atoms with Crippen LogP contribution in [0.25, 0.3) is 12.2 Å². The lowest BCUT2D eigenvalue weighted by molar-refractivity contribution is 0.788. The minimum absolute atomic E-state index is 0.610. The Morgan fingerprint density at radius 2 is 2.00 bits per heavy atom. The number of rotatable bonds is 0. The van der Waals surface area contributed by atoms with Crippen LogP contribution in [0.4, 0.5) is 0 Å². The summed E-state index contributed by atoms with van der Waals surface area (Å²) in [6, 6.07) is 0. The zero-order valence-corrected chi connectivity index (χ0v) is 6.49. The van der Waals surface area contributed by atoms with Gasteiger partial charge in [-0.3, -0.25) is 9.97 Å². The van der Waals surface area contributed by atoms with E-state index in [4.69, 9.17) is 0 Å². The maximum Gasteiger partial charge on any atom is 0.0846 e. The molecule has 0 spiro atoms. The van der Waals surface area contributed by atoms with Crippen molar-refractivity contribution in [1.82, 2.24) is 9.97 Å². The van der Waals surface area contributed by atoms with E-state index in [1.807, 2.05) is 0 Å². The standard InChI is InChI=1S/C9H10N2/c1-7-2-3-8-9(6-7)11-5-4-10-8/h3-7H,2H2,1H3. The van der Waals surface area contributed by atoms with Gasteiger partial charge in [-0.25, -0.2) is 0 Å². The second-order valence-corrected chi connectivity index (χ2v) is 2.91. The van der Waals surface area contributed by atoms with Gasteiger partial charge in [0.15, 0.2) is 0 Å². The van der Waals surface area contributed by atoms with E-state index in [2.05, 4.69) is 29.0 Å². The second-order valence-electron chi connectivity index (χ2n) is 2.91. The van der Waals surface area contributed by atoms with Crippen LogP contribution >= 0.6 is 0 Å². The highest BCUT2D eigenvalue weighted by Gasteiger charge is 2.00. The molecule has 0 saturated heterocycles. The van der Waals surface area contributed by atoms with Crippen LogP contribution in [0.15, 0.2) is 12.4 Å². The molecule has 1 unspecified atom stereocenters. The summed E-state index contributed by atoms with van der Waals surface area (Å²) in [6.07, 6.45) is 8.88. The van der Waals surface area contributed by atoms with Crippen LogP contribution in [0.5, 0.6) is 0 Å². The molecule has 1 aliphatic carbocycles. The van der Waals surface area contributed by atoms with Crippen LogP contribution in [-0.4, -0.2) is 9.97 Å². The Balaban J connectivity index is 2.73. The molecule has 2 nitrogen and oxygen atoms in total. The normalized spacial score (nSPS) is 21.4. The van der Waals surface area contributed by atoms with Crippen molar-refractivity contribution in [2.24, 2.45) is 5.92 Å². The minimum Gasteiger partial charge on any atom is -0.253 e.